The second-order valence-electron chi connectivity index (χ2n) is 12.9. The van der Waals surface area contributed by atoms with Crippen molar-refractivity contribution in [2.45, 2.75) is 69.6 Å². The summed E-state index contributed by atoms with van der Waals surface area (Å²) < 4.78 is 30.9. The van der Waals surface area contributed by atoms with Gasteiger partial charge in [-0.3, -0.25) is 14.4 Å². The van der Waals surface area contributed by atoms with Crippen molar-refractivity contribution in [2.75, 3.05) is 40.0 Å². The molecule has 14 heteroatoms. The summed E-state index contributed by atoms with van der Waals surface area (Å²) in [5.74, 6) is -4.19. The number of aliphatic hydroxyl groups is 3. The molecule has 2 saturated heterocycles. The van der Waals surface area contributed by atoms with Gasteiger partial charge in [0.05, 0.1) is 54.6 Å². The summed E-state index contributed by atoms with van der Waals surface area (Å²) in [4.78, 5) is 40.4. The van der Waals surface area contributed by atoms with Gasteiger partial charge in [-0.15, -0.1) is 0 Å². The smallest absolute Gasteiger partial charge is 0.217 e. The maximum absolute atomic E-state index is 13.9. The molecule has 6 rings (SSSR count). The monoisotopic (exact) mass is 670 g/mol. The number of aromatic hydroxyl groups is 2. The highest BCUT2D eigenvalue weighted by molar-refractivity contribution is 6.31. The number of aliphatic hydroxyl groups excluding tert-OH is 2. The lowest BCUT2D eigenvalue weighted by Gasteiger charge is -2.41. The summed E-state index contributed by atoms with van der Waals surface area (Å²) in [6.45, 7) is 4.11. The van der Waals surface area contributed by atoms with Crippen molar-refractivity contribution < 1.29 is 68.2 Å². The molecule has 5 N–H and O–H groups in total. The average Bonchev–Trinajstić information content (AvgIpc) is 3.05. The molecule has 1 unspecified atom stereocenters. The number of morpholine rings is 1. The third kappa shape index (κ3) is 6.02. The van der Waals surface area contributed by atoms with Crippen molar-refractivity contribution in [1.82, 2.24) is 0 Å². The molecule has 0 saturated carbocycles. The summed E-state index contributed by atoms with van der Waals surface area (Å²) in [6, 6.07) is 4.40. The number of benzene rings is 2. The number of nitrogens with zero attached hydrogens (tertiary/aromatic N) is 1. The number of carbonyl (C=O) groups excluding carboxylic acids is 3. The number of hydrogen-bond donors (Lipinski definition) is 5. The molecule has 6 atom stereocenters. The lowest BCUT2D eigenvalue weighted by molar-refractivity contribution is -0.572. The van der Waals surface area contributed by atoms with Crippen LogP contribution in [0.15, 0.2) is 18.2 Å². The number of carbonyl (C=O) groups is 3. The van der Waals surface area contributed by atoms with Crippen LogP contribution in [0, 0.1) is 5.92 Å². The van der Waals surface area contributed by atoms with Crippen molar-refractivity contribution >= 4 is 23.6 Å². The first-order valence-corrected chi connectivity index (χ1v) is 15.9. The van der Waals surface area contributed by atoms with E-state index in [0.717, 1.165) is 0 Å². The third-order valence-electron chi connectivity index (χ3n) is 9.36. The third-order valence-corrected chi connectivity index (χ3v) is 9.36. The molecule has 4 aliphatic rings. The highest BCUT2D eigenvalue weighted by Crippen LogP contribution is 2.52. The molecule has 258 valence electrons. The normalized spacial score (nSPS) is 29.4. The van der Waals surface area contributed by atoms with E-state index >= 15 is 0 Å². The fourth-order valence-corrected chi connectivity index (χ4v) is 7.04. The predicted octanol–water partition coefficient (Wildman–Crippen LogP) is 0.766. The van der Waals surface area contributed by atoms with Gasteiger partial charge in [0.25, 0.3) is 0 Å². The molecule has 0 aromatic heterocycles. The van der Waals surface area contributed by atoms with Crippen molar-refractivity contribution in [3.8, 4) is 17.2 Å². The minimum Gasteiger partial charge on any atom is -0.507 e. The fraction of sp³-hybridized carbons (Fsp3) is 0.529. The quantitative estimate of drug-likeness (QED) is 0.166. The molecule has 14 nitrogen and oxygen atoms in total. The van der Waals surface area contributed by atoms with E-state index in [1.54, 1.807) is 0 Å². The zero-order valence-corrected chi connectivity index (χ0v) is 26.9. The van der Waals surface area contributed by atoms with Gasteiger partial charge in [0.1, 0.15) is 42.3 Å². The van der Waals surface area contributed by atoms with E-state index in [9.17, 15) is 39.9 Å². The Hall–Kier alpha value is -3.76. The first-order chi connectivity index (χ1) is 22.9. The molecule has 0 spiro atoms. The highest BCUT2D eigenvalue weighted by atomic mass is 16.7. The van der Waals surface area contributed by atoms with Gasteiger partial charge in [-0.25, -0.2) is 4.58 Å². The lowest BCUT2D eigenvalue weighted by Crippen LogP contribution is -2.49. The molecule has 2 aliphatic carbocycles. The molecule has 0 amide bonds. The van der Waals surface area contributed by atoms with Crippen LogP contribution in [0.25, 0.3) is 0 Å². The number of fused-ring (bicyclic) bond motifs is 3. The molecule has 2 aromatic rings. The highest BCUT2D eigenvalue weighted by Gasteiger charge is 2.50. The Labute approximate surface area is 276 Å². The van der Waals surface area contributed by atoms with Gasteiger partial charge >= 0.3 is 0 Å². The van der Waals surface area contributed by atoms with E-state index in [4.69, 9.17) is 23.7 Å². The Kier molecular flexibility index (Phi) is 9.43. The van der Waals surface area contributed by atoms with E-state index < -0.39 is 95.7 Å². The summed E-state index contributed by atoms with van der Waals surface area (Å²) in [5, 5.41) is 55.2. The van der Waals surface area contributed by atoms with Crippen molar-refractivity contribution in [3.05, 3.63) is 51.6 Å². The number of methoxy groups -OCH3 is 1. The maximum Gasteiger partial charge on any atom is 0.217 e. The standard InChI is InChI=1S/C34H39NO13/c1-16(2)47-25-13-35(7-8-45-25)12-17-9-24(46-15-20(17)37)48-22-11-34(43,23(38)14-36)10-19-27(22)33(42)29-28(31(19)40)30(39)18-5-4-6-21(44-3)26(18)32(29)41/h4-6,12,16-17,20,22,24-25,36-37,43H,7-11,13-15H2,1-3H3,(H-,39,40,41,42)/p+1/t17?,20-,22+,24+,25-,34+/m1/s1. The molecule has 0 radical (unpaired) electrons. The van der Waals surface area contributed by atoms with Gasteiger partial charge in [-0.2, -0.15) is 0 Å². The van der Waals surface area contributed by atoms with Crippen LogP contribution in [0.3, 0.4) is 0 Å². The number of ether oxygens (including phenoxy) is 5. The average molecular weight is 671 g/mol. The first-order valence-electron chi connectivity index (χ1n) is 15.9. The van der Waals surface area contributed by atoms with Crippen LogP contribution in [0.5, 0.6) is 17.2 Å². The van der Waals surface area contributed by atoms with Crippen LogP contribution < -0.4 is 4.74 Å². The van der Waals surface area contributed by atoms with Crippen molar-refractivity contribution in [2.24, 2.45) is 5.92 Å². The Morgan fingerprint density at radius 3 is 2.56 bits per heavy atom. The summed E-state index contributed by atoms with van der Waals surface area (Å²) in [7, 11) is 1.33. The first kappa shape index (κ1) is 34.1. The summed E-state index contributed by atoms with van der Waals surface area (Å²) in [5.41, 5.74) is -3.61. The fourth-order valence-electron chi connectivity index (χ4n) is 7.04. The maximum atomic E-state index is 13.9. The van der Waals surface area contributed by atoms with Crippen LogP contribution >= 0.6 is 0 Å². The van der Waals surface area contributed by atoms with Crippen molar-refractivity contribution in [3.63, 3.8) is 0 Å². The predicted molar refractivity (Wildman–Crippen MR) is 165 cm³/mol. The Morgan fingerprint density at radius 2 is 1.85 bits per heavy atom. The minimum atomic E-state index is -2.26. The molecular formula is C34H40NO13+. The minimum absolute atomic E-state index is 0.0391. The van der Waals surface area contributed by atoms with E-state index in [-0.39, 0.29) is 47.1 Å². The zero-order chi connectivity index (χ0) is 34.5. The Bertz CT molecular complexity index is 1670. The number of Topliss-reactive ketones (excluding diaryl/α,β-unsaturated/α-hetero) is 1. The Morgan fingerprint density at radius 1 is 1.10 bits per heavy atom. The largest absolute Gasteiger partial charge is 0.507 e. The topological polar surface area (TPSA) is 202 Å². The van der Waals surface area contributed by atoms with Crippen molar-refractivity contribution in [1.29, 1.82) is 0 Å². The van der Waals surface area contributed by atoms with Crippen LogP contribution in [0.4, 0.5) is 0 Å². The van der Waals surface area contributed by atoms with E-state index in [1.807, 2.05) is 24.6 Å². The number of phenols is 2. The van der Waals surface area contributed by atoms with Crippen LogP contribution in [-0.2, 0) is 30.2 Å². The van der Waals surface area contributed by atoms with Gasteiger partial charge in [-0.1, -0.05) is 12.1 Å². The summed E-state index contributed by atoms with van der Waals surface area (Å²) >= 11 is 0. The SMILES string of the molecule is COc1cccc2c1C(=O)c1c(O)c3c(c(O)c1C2=O)C[C@@](O)(C(=O)CO)C[C@@H]3O[C@H]1CC(C=[N+]2CCO[C@H](OC(C)C)C2)[C@H](O)CO1. The molecule has 0 bridgehead atoms. The number of hydrogen-bond acceptors (Lipinski definition) is 13. The van der Waals surface area contributed by atoms with Gasteiger partial charge in [-0.05, 0) is 19.9 Å². The molecule has 2 aromatic carbocycles. The van der Waals surface area contributed by atoms with Gasteiger partial charge in [0, 0.05) is 36.0 Å². The lowest BCUT2D eigenvalue weighted by atomic mass is 9.72. The number of phenolic OH excluding ortho intramolecular Hbond substituents is 2. The van der Waals surface area contributed by atoms with Crippen LogP contribution in [0.1, 0.15) is 75.8 Å². The second-order valence-corrected chi connectivity index (χ2v) is 12.9. The Balaban J connectivity index is 1.37. The zero-order valence-electron chi connectivity index (χ0n) is 26.9. The molecule has 2 fully saturated rings. The number of ketones is 3. The van der Waals surface area contributed by atoms with Crippen LogP contribution in [0.2, 0.25) is 0 Å². The van der Waals surface area contributed by atoms with Crippen LogP contribution in [-0.4, -0.2) is 124 Å². The summed E-state index contributed by atoms with van der Waals surface area (Å²) in [6.07, 6.45) is -2.78. The van der Waals surface area contributed by atoms with Gasteiger partial charge in [0.15, 0.2) is 30.9 Å². The molecule has 2 heterocycles. The second kappa shape index (κ2) is 13.3. The number of rotatable bonds is 8. The molecular weight excluding hydrogens is 630 g/mol. The molecule has 48 heavy (non-hydrogen) atoms. The van der Waals surface area contributed by atoms with Gasteiger partial charge in [0.2, 0.25) is 12.1 Å². The van der Waals surface area contributed by atoms with Gasteiger partial charge < -0.3 is 49.2 Å². The van der Waals surface area contributed by atoms with E-state index in [0.29, 0.717) is 19.7 Å². The molecule has 2 aliphatic heterocycles. The van der Waals surface area contributed by atoms with E-state index in [1.165, 1.54) is 25.3 Å². The van der Waals surface area contributed by atoms with E-state index in [2.05, 4.69) is 0 Å².